The molecule has 6 nitrogen and oxygen atoms in total. The maximum Gasteiger partial charge on any atom is 0.270 e. The summed E-state index contributed by atoms with van der Waals surface area (Å²) in [6.45, 7) is 4.02. The quantitative estimate of drug-likeness (QED) is 0.611. The second-order valence-electron chi connectivity index (χ2n) is 5.80. The number of non-ortho nitro benzene ring substituents is 1. The molecule has 8 heteroatoms. The molecule has 24 heavy (non-hydrogen) atoms. The minimum absolute atomic E-state index is 0.0221. The molecule has 1 aromatic heterocycles. The number of benzene rings is 1. The monoisotopic (exact) mass is 366 g/mol. The van der Waals surface area contributed by atoms with E-state index in [1.54, 1.807) is 18.3 Å². The van der Waals surface area contributed by atoms with Crippen molar-refractivity contribution < 1.29 is 13.3 Å². The Morgan fingerprint density at radius 1 is 1.38 bits per heavy atom. The number of thiophene rings is 1. The van der Waals surface area contributed by atoms with Crippen LogP contribution in [0.2, 0.25) is 0 Å². The molecule has 1 aliphatic rings. The summed E-state index contributed by atoms with van der Waals surface area (Å²) in [5.41, 5.74) is 1.37. The lowest BCUT2D eigenvalue weighted by atomic mass is 10.0. The average molecular weight is 366 g/mol. The van der Waals surface area contributed by atoms with Crippen molar-refractivity contribution in [2.75, 3.05) is 6.54 Å². The molecule has 3 rings (SSSR count). The first kappa shape index (κ1) is 17.1. The van der Waals surface area contributed by atoms with Crippen molar-refractivity contribution >= 4 is 27.0 Å². The van der Waals surface area contributed by atoms with E-state index in [-0.39, 0.29) is 16.6 Å². The van der Waals surface area contributed by atoms with Gasteiger partial charge < -0.3 is 0 Å². The van der Waals surface area contributed by atoms with Crippen LogP contribution < -0.4 is 0 Å². The molecule has 1 aromatic carbocycles. The molecule has 0 saturated heterocycles. The first-order valence-electron chi connectivity index (χ1n) is 7.69. The predicted molar refractivity (Wildman–Crippen MR) is 92.8 cm³/mol. The van der Waals surface area contributed by atoms with Gasteiger partial charge in [-0.2, -0.15) is 4.31 Å². The minimum Gasteiger partial charge on any atom is -0.258 e. The number of fused-ring (bicyclic) bond motifs is 1. The first-order chi connectivity index (χ1) is 11.4. The van der Waals surface area contributed by atoms with Gasteiger partial charge in [-0.25, -0.2) is 8.42 Å². The molecule has 0 radical (unpaired) electrons. The topological polar surface area (TPSA) is 80.5 Å². The van der Waals surface area contributed by atoms with E-state index in [1.807, 2.05) is 18.4 Å². The van der Waals surface area contributed by atoms with Crippen LogP contribution in [-0.2, 0) is 16.4 Å². The molecule has 0 spiro atoms. The molecule has 0 fully saturated rings. The molecule has 0 saturated carbocycles. The van der Waals surface area contributed by atoms with Gasteiger partial charge in [-0.15, -0.1) is 11.3 Å². The van der Waals surface area contributed by atoms with Gasteiger partial charge in [0.1, 0.15) is 0 Å². The van der Waals surface area contributed by atoms with Gasteiger partial charge in [-0.3, -0.25) is 10.1 Å². The van der Waals surface area contributed by atoms with E-state index < -0.39 is 14.9 Å². The van der Waals surface area contributed by atoms with Crippen LogP contribution in [0.3, 0.4) is 0 Å². The highest BCUT2D eigenvalue weighted by Crippen LogP contribution is 2.39. The van der Waals surface area contributed by atoms with E-state index >= 15 is 0 Å². The van der Waals surface area contributed by atoms with Crippen LogP contribution in [0.5, 0.6) is 0 Å². The van der Waals surface area contributed by atoms with Crippen LogP contribution in [0.25, 0.3) is 0 Å². The summed E-state index contributed by atoms with van der Waals surface area (Å²) in [7, 11) is -3.80. The largest absolute Gasteiger partial charge is 0.270 e. The fourth-order valence-corrected chi connectivity index (χ4v) is 6.05. The van der Waals surface area contributed by atoms with Crippen molar-refractivity contribution in [3.8, 4) is 0 Å². The summed E-state index contributed by atoms with van der Waals surface area (Å²) in [5, 5.41) is 13.0. The summed E-state index contributed by atoms with van der Waals surface area (Å²) in [6, 6.07) is 5.75. The SMILES string of the molecule is CC[C@@H]1c2ccsc2CCN1S(=O)(=O)c1cc([N+](=O)[O-])ccc1C. The summed E-state index contributed by atoms with van der Waals surface area (Å²) in [4.78, 5) is 11.7. The molecule has 128 valence electrons. The van der Waals surface area contributed by atoms with E-state index in [2.05, 4.69) is 0 Å². The Bertz CT molecular complexity index is 889. The molecule has 1 atom stereocenters. The smallest absolute Gasteiger partial charge is 0.258 e. The average Bonchev–Trinajstić information content (AvgIpc) is 3.02. The van der Waals surface area contributed by atoms with Gasteiger partial charge in [-0.1, -0.05) is 13.0 Å². The Balaban J connectivity index is 2.08. The number of sulfonamides is 1. The molecule has 0 bridgehead atoms. The standard InChI is InChI=1S/C16H18N2O4S2/c1-3-14-13-7-9-23-15(13)6-8-17(14)24(21,22)16-10-12(18(19)20)5-4-11(16)2/h4-5,7,9-10,14H,3,6,8H2,1-2H3/t14-/m1/s1. The Morgan fingerprint density at radius 2 is 2.12 bits per heavy atom. The third-order valence-electron chi connectivity index (χ3n) is 4.40. The van der Waals surface area contributed by atoms with Crippen LogP contribution in [0.1, 0.15) is 35.4 Å². The van der Waals surface area contributed by atoms with Gasteiger partial charge in [0, 0.05) is 23.6 Å². The number of rotatable bonds is 4. The third kappa shape index (κ3) is 2.74. The van der Waals surface area contributed by atoms with E-state index in [1.165, 1.54) is 27.4 Å². The summed E-state index contributed by atoms with van der Waals surface area (Å²) in [6.07, 6.45) is 1.34. The zero-order chi connectivity index (χ0) is 17.5. The zero-order valence-electron chi connectivity index (χ0n) is 13.4. The van der Waals surface area contributed by atoms with E-state index in [0.717, 1.165) is 5.56 Å². The fourth-order valence-electron chi connectivity index (χ4n) is 3.19. The highest BCUT2D eigenvalue weighted by atomic mass is 32.2. The molecule has 2 heterocycles. The Hall–Kier alpha value is -1.77. The van der Waals surface area contributed by atoms with Crippen molar-refractivity contribution in [3.63, 3.8) is 0 Å². The maximum absolute atomic E-state index is 13.2. The number of nitro benzene ring substituents is 1. The highest BCUT2D eigenvalue weighted by molar-refractivity contribution is 7.89. The Kier molecular flexibility index (Phi) is 4.46. The van der Waals surface area contributed by atoms with E-state index in [4.69, 9.17) is 0 Å². The van der Waals surface area contributed by atoms with E-state index in [0.29, 0.717) is 24.9 Å². The second kappa shape index (κ2) is 6.27. The van der Waals surface area contributed by atoms with Crippen molar-refractivity contribution in [2.24, 2.45) is 0 Å². The van der Waals surface area contributed by atoms with Crippen molar-refractivity contribution in [1.82, 2.24) is 4.31 Å². The summed E-state index contributed by atoms with van der Waals surface area (Å²) >= 11 is 1.65. The van der Waals surface area contributed by atoms with Gasteiger partial charge in [0.05, 0.1) is 15.9 Å². The first-order valence-corrected chi connectivity index (χ1v) is 10.0. The normalized spacial score (nSPS) is 18.3. The van der Waals surface area contributed by atoms with Crippen LogP contribution in [0.4, 0.5) is 5.69 Å². The van der Waals surface area contributed by atoms with Crippen molar-refractivity contribution in [2.45, 2.75) is 37.6 Å². The van der Waals surface area contributed by atoms with Crippen LogP contribution in [-0.4, -0.2) is 24.2 Å². The molecular formula is C16H18N2O4S2. The molecule has 2 aromatic rings. The Morgan fingerprint density at radius 3 is 2.79 bits per heavy atom. The lowest BCUT2D eigenvalue weighted by molar-refractivity contribution is -0.385. The van der Waals surface area contributed by atoms with Gasteiger partial charge >= 0.3 is 0 Å². The lowest BCUT2D eigenvalue weighted by Crippen LogP contribution is -2.39. The number of hydrogen-bond donors (Lipinski definition) is 0. The van der Waals surface area contributed by atoms with Gasteiger partial charge in [0.15, 0.2) is 0 Å². The third-order valence-corrected chi connectivity index (χ3v) is 7.45. The Labute approximate surface area is 144 Å². The van der Waals surface area contributed by atoms with Gasteiger partial charge in [0.25, 0.3) is 5.69 Å². The van der Waals surface area contributed by atoms with Crippen molar-refractivity contribution in [1.29, 1.82) is 0 Å². The number of nitrogens with zero attached hydrogens (tertiary/aromatic N) is 2. The van der Waals surface area contributed by atoms with Gasteiger partial charge in [0.2, 0.25) is 10.0 Å². The number of nitro groups is 1. The van der Waals surface area contributed by atoms with Crippen LogP contribution in [0.15, 0.2) is 34.5 Å². The number of hydrogen-bond acceptors (Lipinski definition) is 5. The summed E-state index contributed by atoms with van der Waals surface area (Å²) in [5.74, 6) is 0. The molecule has 0 amide bonds. The number of aryl methyl sites for hydroxylation is 1. The maximum atomic E-state index is 13.2. The summed E-state index contributed by atoms with van der Waals surface area (Å²) < 4.78 is 27.9. The minimum atomic E-state index is -3.80. The van der Waals surface area contributed by atoms with Crippen LogP contribution in [0, 0.1) is 17.0 Å². The highest BCUT2D eigenvalue weighted by Gasteiger charge is 2.37. The second-order valence-corrected chi connectivity index (χ2v) is 8.66. The van der Waals surface area contributed by atoms with Crippen molar-refractivity contribution in [3.05, 3.63) is 55.8 Å². The molecule has 0 aliphatic carbocycles. The van der Waals surface area contributed by atoms with Crippen LogP contribution >= 0.6 is 11.3 Å². The fraction of sp³-hybridized carbons (Fsp3) is 0.375. The molecule has 0 unspecified atom stereocenters. The predicted octanol–water partition coefficient (Wildman–Crippen LogP) is 3.66. The lowest BCUT2D eigenvalue weighted by Gasteiger charge is -2.34. The zero-order valence-corrected chi connectivity index (χ0v) is 15.1. The molecular weight excluding hydrogens is 348 g/mol. The van der Waals surface area contributed by atoms with Gasteiger partial charge in [-0.05, 0) is 42.3 Å². The molecule has 1 aliphatic heterocycles. The van der Waals surface area contributed by atoms with E-state index in [9.17, 15) is 18.5 Å². The molecule has 0 N–H and O–H groups in total.